The lowest BCUT2D eigenvalue weighted by Gasteiger charge is -2.25. The number of aryl methyl sites for hydroxylation is 1. The highest BCUT2D eigenvalue weighted by atomic mass is 32.2. The number of nitrogens with zero attached hydrogens (tertiary/aromatic N) is 3. The summed E-state index contributed by atoms with van der Waals surface area (Å²) in [6.07, 6.45) is 5.73. The van der Waals surface area contributed by atoms with Gasteiger partial charge in [0, 0.05) is 32.4 Å². The predicted molar refractivity (Wildman–Crippen MR) is 96.8 cm³/mol. The van der Waals surface area contributed by atoms with Crippen LogP contribution in [0, 0.1) is 0 Å². The SMILES string of the molecule is COc1ccc(NC(=O)c2cc(S(=O)(=O)N3CCCCC3)cn2C)cn1. The summed E-state index contributed by atoms with van der Waals surface area (Å²) >= 11 is 0. The van der Waals surface area contributed by atoms with Crippen molar-refractivity contribution in [3.05, 3.63) is 36.3 Å². The van der Waals surface area contributed by atoms with Gasteiger partial charge >= 0.3 is 0 Å². The normalized spacial score (nSPS) is 15.6. The number of rotatable bonds is 5. The Hall–Kier alpha value is -2.39. The van der Waals surface area contributed by atoms with Crippen molar-refractivity contribution in [1.29, 1.82) is 0 Å². The molecule has 1 amide bonds. The minimum Gasteiger partial charge on any atom is -0.481 e. The molecule has 1 N–H and O–H groups in total. The van der Waals surface area contributed by atoms with Gasteiger partial charge in [-0.2, -0.15) is 4.31 Å². The largest absolute Gasteiger partial charge is 0.481 e. The molecule has 1 aliphatic rings. The Bertz CT molecular complexity index is 884. The minimum atomic E-state index is -3.58. The van der Waals surface area contributed by atoms with E-state index in [4.69, 9.17) is 4.74 Å². The van der Waals surface area contributed by atoms with E-state index in [-0.39, 0.29) is 10.6 Å². The van der Waals surface area contributed by atoms with Gasteiger partial charge in [-0.25, -0.2) is 13.4 Å². The number of methoxy groups -OCH3 is 1. The molecule has 0 atom stereocenters. The van der Waals surface area contributed by atoms with Crippen LogP contribution in [0.15, 0.2) is 35.5 Å². The molecule has 0 radical (unpaired) electrons. The van der Waals surface area contributed by atoms with Gasteiger partial charge in [0.15, 0.2) is 0 Å². The van der Waals surface area contributed by atoms with E-state index < -0.39 is 15.9 Å². The Morgan fingerprint density at radius 3 is 2.58 bits per heavy atom. The maximum Gasteiger partial charge on any atom is 0.272 e. The fourth-order valence-corrected chi connectivity index (χ4v) is 4.51. The number of carbonyl (C=O) groups is 1. The lowest BCUT2D eigenvalue weighted by molar-refractivity contribution is 0.101. The van der Waals surface area contributed by atoms with Gasteiger partial charge in [0.1, 0.15) is 10.6 Å². The van der Waals surface area contributed by atoms with E-state index >= 15 is 0 Å². The number of hydrogen-bond donors (Lipinski definition) is 1. The van der Waals surface area contributed by atoms with E-state index in [1.165, 1.54) is 34.4 Å². The zero-order valence-electron chi connectivity index (χ0n) is 14.8. The van der Waals surface area contributed by atoms with Crippen LogP contribution in [0.3, 0.4) is 0 Å². The molecule has 0 saturated carbocycles. The summed E-state index contributed by atoms with van der Waals surface area (Å²) in [5, 5.41) is 2.71. The summed E-state index contributed by atoms with van der Waals surface area (Å²) in [5.41, 5.74) is 0.758. The third kappa shape index (κ3) is 3.73. The molecular formula is C17H22N4O4S. The van der Waals surface area contributed by atoms with E-state index in [9.17, 15) is 13.2 Å². The topological polar surface area (TPSA) is 93.5 Å². The number of carbonyl (C=O) groups excluding carboxylic acids is 1. The smallest absolute Gasteiger partial charge is 0.272 e. The van der Waals surface area contributed by atoms with E-state index in [0.29, 0.717) is 24.7 Å². The Kier molecular flexibility index (Phi) is 5.28. The summed E-state index contributed by atoms with van der Waals surface area (Å²) in [5.74, 6) is 0.0383. The monoisotopic (exact) mass is 378 g/mol. The number of anilines is 1. The first-order chi connectivity index (χ1) is 12.4. The van der Waals surface area contributed by atoms with Gasteiger partial charge in [-0.15, -0.1) is 0 Å². The van der Waals surface area contributed by atoms with Crippen LogP contribution in [0.1, 0.15) is 29.8 Å². The molecule has 8 nitrogen and oxygen atoms in total. The van der Waals surface area contributed by atoms with Crippen molar-refractivity contribution in [2.75, 3.05) is 25.5 Å². The molecule has 1 fully saturated rings. The van der Waals surface area contributed by atoms with Gasteiger partial charge in [0.2, 0.25) is 15.9 Å². The maximum atomic E-state index is 12.8. The van der Waals surface area contributed by atoms with Crippen molar-refractivity contribution < 1.29 is 17.9 Å². The molecule has 2 aromatic heterocycles. The minimum absolute atomic E-state index is 0.139. The molecule has 3 rings (SSSR count). The molecule has 26 heavy (non-hydrogen) atoms. The zero-order valence-corrected chi connectivity index (χ0v) is 15.6. The Labute approximate surface area is 152 Å². The predicted octanol–water partition coefficient (Wildman–Crippen LogP) is 1.86. The number of sulfonamides is 1. The Morgan fingerprint density at radius 2 is 1.96 bits per heavy atom. The summed E-state index contributed by atoms with van der Waals surface area (Å²) in [6, 6.07) is 4.71. The van der Waals surface area contributed by atoms with Crippen molar-refractivity contribution >= 4 is 21.6 Å². The molecule has 140 valence electrons. The highest BCUT2D eigenvalue weighted by Crippen LogP contribution is 2.23. The molecule has 0 aromatic carbocycles. The quantitative estimate of drug-likeness (QED) is 0.857. The van der Waals surface area contributed by atoms with Gasteiger partial charge < -0.3 is 14.6 Å². The second-order valence-electron chi connectivity index (χ2n) is 6.18. The molecule has 2 aromatic rings. The van der Waals surface area contributed by atoms with Crippen LogP contribution in [0.4, 0.5) is 5.69 Å². The fraction of sp³-hybridized carbons (Fsp3) is 0.412. The third-order valence-electron chi connectivity index (χ3n) is 4.37. The van der Waals surface area contributed by atoms with Crippen LogP contribution < -0.4 is 10.1 Å². The van der Waals surface area contributed by atoms with Gasteiger partial charge in [-0.1, -0.05) is 6.42 Å². The fourth-order valence-electron chi connectivity index (χ4n) is 2.93. The number of amides is 1. The van der Waals surface area contributed by atoms with Gasteiger partial charge in [0.25, 0.3) is 5.91 Å². The summed E-state index contributed by atoms with van der Waals surface area (Å²) in [4.78, 5) is 16.7. The van der Waals surface area contributed by atoms with Gasteiger partial charge in [0.05, 0.1) is 19.0 Å². The second-order valence-corrected chi connectivity index (χ2v) is 8.12. The van der Waals surface area contributed by atoms with Crippen LogP contribution in [0.2, 0.25) is 0 Å². The lowest BCUT2D eigenvalue weighted by atomic mass is 10.2. The molecule has 0 aliphatic carbocycles. The standard InChI is InChI=1S/C17H22N4O4S/c1-20-12-14(26(23,24)21-8-4-3-5-9-21)10-15(20)17(22)19-13-6-7-16(25-2)18-11-13/h6-7,10-12H,3-5,8-9H2,1-2H3,(H,19,22). The first-order valence-corrected chi connectivity index (χ1v) is 9.84. The molecule has 3 heterocycles. The summed E-state index contributed by atoms with van der Waals surface area (Å²) in [6.45, 7) is 1.05. The van der Waals surface area contributed by atoms with Crippen molar-refractivity contribution in [2.24, 2.45) is 7.05 Å². The second kappa shape index (κ2) is 7.46. The first-order valence-electron chi connectivity index (χ1n) is 8.40. The maximum absolute atomic E-state index is 12.8. The number of pyridine rings is 1. The lowest BCUT2D eigenvalue weighted by Crippen LogP contribution is -2.35. The Balaban J connectivity index is 1.79. The van der Waals surface area contributed by atoms with Crippen LogP contribution in [0.25, 0.3) is 0 Å². The summed E-state index contributed by atoms with van der Waals surface area (Å²) < 4.78 is 33.5. The number of piperidine rings is 1. The molecule has 1 aliphatic heterocycles. The summed E-state index contributed by atoms with van der Waals surface area (Å²) in [7, 11) is -0.417. The van der Waals surface area contributed by atoms with Crippen molar-refractivity contribution in [1.82, 2.24) is 13.9 Å². The van der Waals surface area contributed by atoms with Crippen molar-refractivity contribution in [3.8, 4) is 5.88 Å². The van der Waals surface area contributed by atoms with Crippen LogP contribution >= 0.6 is 0 Å². The average molecular weight is 378 g/mol. The van der Waals surface area contributed by atoms with Crippen LogP contribution in [0.5, 0.6) is 5.88 Å². The molecule has 1 saturated heterocycles. The van der Waals surface area contributed by atoms with E-state index in [1.54, 1.807) is 19.2 Å². The van der Waals surface area contributed by atoms with Crippen molar-refractivity contribution in [3.63, 3.8) is 0 Å². The zero-order chi connectivity index (χ0) is 18.7. The van der Waals surface area contributed by atoms with E-state index in [1.807, 2.05) is 0 Å². The third-order valence-corrected chi connectivity index (χ3v) is 6.23. The van der Waals surface area contributed by atoms with Gasteiger partial charge in [-0.05, 0) is 25.0 Å². The molecule has 9 heteroatoms. The van der Waals surface area contributed by atoms with E-state index in [2.05, 4.69) is 10.3 Å². The first kappa shape index (κ1) is 18.4. The molecular weight excluding hydrogens is 356 g/mol. The number of ether oxygens (including phenoxy) is 1. The van der Waals surface area contributed by atoms with Crippen LogP contribution in [-0.2, 0) is 17.1 Å². The van der Waals surface area contributed by atoms with Crippen molar-refractivity contribution in [2.45, 2.75) is 24.2 Å². The van der Waals surface area contributed by atoms with Gasteiger partial charge in [-0.3, -0.25) is 4.79 Å². The Morgan fingerprint density at radius 1 is 1.23 bits per heavy atom. The molecule has 0 unspecified atom stereocenters. The highest BCUT2D eigenvalue weighted by molar-refractivity contribution is 7.89. The average Bonchev–Trinajstić information content (AvgIpc) is 3.06. The number of hydrogen-bond acceptors (Lipinski definition) is 5. The van der Waals surface area contributed by atoms with Crippen LogP contribution in [-0.4, -0.2) is 48.4 Å². The highest BCUT2D eigenvalue weighted by Gasteiger charge is 2.28. The molecule has 0 spiro atoms. The van der Waals surface area contributed by atoms with E-state index in [0.717, 1.165) is 19.3 Å². The number of nitrogens with one attached hydrogen (secondary N) is 1. The molecule has 0 bridgehead atoms. The number of aromatic nitrogens is 2.